The molecule has 1 amide bonds. The molecule has 1 aromatic carbocycles. The van der Waals surface area contributed by atoms with Crippen LogP contribution in [0.3, 0.4) is 0 Å². The highest BCUT2D eigenvalue weighted by Crippen LogP contribution is 2.20. The first-order valence-corrected chi connectivity index (χ1v) is 7.64. The number of anilines is 1. The third kappa shape index (κ3) is 3.17. The molecule has 1 aliphatic rings. The van der Waals surface area contributed by atoms with Crippen LogP contribution in [-0.4, -0.2) is 16.9 Å². The van der Waals surface area contributed by atoms with Crippen molar-refractivity contribution in [2.75, 3.05) is 5.32 Å². The van der Waals surface area contributed by atoms with Crippen molar-refractivity contribution in [1.82, 2.24) is 10.3 Å². The van der Waals surface area contributed by atoms with Crippen LogP contribution in [0.5, 0.6) is 0 Å². The predicted octanol–water partition coefficient (Wildman–Crippen LogP) is 2.96. The van der Waals surface area contributed by atoms with Crippen molar-refractivity contribution >= 4 is 22.9 Å². The number of hydrogen-bond donors (Lipinski definition) is 2. The van der Waals surface area contributed by atoms with Gasteiger partial charge in [0.25, 0.3) is 5.91 Å². The van der Waals surface area contributed by atoms with Crippen LogP contribution >= 0.6 is 11.3 Å². The minimum absolute atomic E-state index is 0.0253. The van der Waals surface area contributed by atoms with E-state index in [1.807, 2.05) is 36.7 Å². The molecular weight excluding hydrogens is 270 g/mol. The minimum Gasteiger partial charge on any atom is -0.380 e. The standard InChI is InChI=1S/C15H17N3OS/c1-10-14(20-9-17-10)8-16-12-4-2-11(3-5-12)15(19)18-13-6-7-13/h2-5,9,13,16H,6-8H2,1H3,(H,18,19). The van der Waals surface area contributed by atoms with E-state index in [1.165, 1.54) is 4.88 Å². The third-order valence-corrected chi connectivity index (χ3v) is 4.29. The summed E-state index contributed by atoms with van der Waals surface area (Å²) in [6.07, 6.45) is 2.22. The van der Waals surface area contributed by atoms with E-state index >= 15 is 0 Å². The summed E-state index contributed by atoms with van der Waals surface area (Å²) in [5.74, 6) is 0.0253. The van der Waals surface area contributed by atoms with Gasteiger partial charge in [0.05, 0.1) is 17.7 Å². The number of nitrogens with one attached hydrogen (secondary N) is 2. The van der Waals surface area contributed by atoms with Gasteiger partial charge in [0.2, 0.25) is 0 Å². The molecule has 0 spiro atoms. The van der Waals surface area contributed by atoms with E-state index in [2.05, 4.69) is 15.6 Å². The Hall–Kier alpha value is -1.88. The van der Waals surface area contributed by atoms with E-state index in [0.29, 0.717) is 6.04 Å². The molecule has 0 bridgehead atoms. The van der Waals surface area contributed by atoms with Crippen LogP contribution in [0.25, 0.3) is 0 Å². The molecule has 0 unspecified atom stereocenters. The number of nitrogens with zero attached hydrogens (tertiary/aromatic N) is 1. The van der Waals surface area contributed by atoms with Crippen LogP contribution in [-0.2, 0) is 6.54 Å². The molecule has 1 aromatic heterocycles. The molecule has 2 aromatic rings. The minimum atomic E-state index is 0.0253. The fourth-order valence-corrected chi connectivity index (χ4v) is 2.63. The second-order valence-corrected chi connectivity index (χ2v) is 5.98. The van der Waals surface area contributed by atoms with Crippen molar-refractivity contribution in [1.29, 1.82) is 0 Å². The van der Waals surface area contributed by atoms with Crippen molar-refractivity contribution in [3.63, 3.8) is 0 Å². The van der Waals surface area contributed by atoms with Crippen molar-refractivity contribution in [3.05, 3.63) is 45.9 Å². The zero-order valence-electron chi connectivity index (χ0n) is 11.3. The smallest absolute Gasteiger partial charge is 0.251 e. The Kier molecular flexibility index (Phi) is 3.69. The maximum atomic E-state index is 11.9. The fraction of sp³-hybridized carbons (Fsp3) is 0.333. The van der Waals surface area contributed by atoms with E-state index in [0.717, 1.165) is 36.3 Å². The first kappa shape index (κ1) is 13.1. The highest BCUT2D eigenvalue weighted by molar-refractivity contribution is 7.09. The Balaban J connectivity index is 1.58. The molecule has 5 heteroatoms. The van der Waals surface area contributed by atoms with Gasteiger partial charge in [-0.05, 0) is 44.0 Å². The SMILES string of the molecule is Cc1ncsc1CNc1ccc(C(=O)NC2CC2)cc1. The molecule has 0 atom stereocenters. The summed E-state index contributed by atoms with van der Waals surface area (Å²) in [6.45, 7) is 2.78. The van der Waals surface area contributed by atoms with E-state index in [4.69, 9.17) is 0 Å². The Morgan fingerprint density at radius 3 is 2.70 bits per heavy atom. The number of rotatable bonds is 5. The summed E-state index contributed by atoms with van der Waals surface area (Å²) in [6, 6.07) is 8.00. The molecule has 1 fully saturated rings. The predicted molar refractivity (Wildman–Crippen MR) is 81.1 cm³/mol. The van der Waals surface area contributed by atoms with Gasteiger partial charge in [-0.3, -0.25) is 4.79 Å². The molecule has 4 nitrogen and oxygen atoms in total. The van der Waals surface area contributed by atoms with Gasteiger partial charge in [-0.2, -0.15) is 0 Å². The van der Waals surface area contributed by atoms with Gasteiger partial charge in [0.1, 0.15) is 0 Å². The second-order valence-electron chi connectivity index (χ2n) is 5.04. The van der Waals surface area contributed by atoms with Crippen LogP contribution in [0.1, 0.15) is 33.8 Å². The van der Waals surface area contributed by atoms with Crippen molar-refractivity contribution in [3.8, 4) is 0 Å². The lowest BCUT2D eigenvalue weighted by atomic mass is 10.2. The van der Waals surface area contributed by atoms with Crippen LogP contribution in [0, 0.1) is 6.92 Å². The molecule has 0 saturated heterocycles. The normalized spacial score (nSPS) is 14.1. The number of aryl methyl sites for hydroxylation is 1. The number of benzene rings is 1. The monoisotopic (exact) mass is 287 g/mol. The van der Waals surface area contributed by atoms with Gasteiger partial charge in [-0.15, -0.1) is 11.3 Å². The van der Waals surface area contributed by atoms with Gasteiger partial charge < -0.3 is 10.6 Å². The van der Waals surface area contributed by atoms with Gasteiger partial charge >= 0.3 is 0 Å². The van der Waals surface area contributed by atoms with Gasteiger partial charge in [-0.1, -0.05) is 0 Å². The number of amides is 1. The summed E-state index contributed by atoms with van der Waals surface area (Å²) >= 11 is 1.65. The number of thiazole rings is 1. The molecule has 1 heterocycles. The molecule has 0 aliphatic heterocycles. The second kappa shape index (κ2) is 5.63. The highest BCUT2D eigenvalue weighted by Gasteiger charge is 2.23. The van der Waals surface area contributed by atoms with Crippen LogP contribution in [0.2, 0.25) is 0 Å². The van der Waals surface area contributed by atoms with E-state index in [9.17, 15) is 4.79 Å². The summed E-state index contributed by atoms with van der Waals surface area (Å²) in [5.41, 5.74) is 4.66. The summed E-state index contributed by atoms with van der Waals surface area (Å²) in [5, 5.41) is 6.33. The topological polar surface area (TPSA) is 54.0 Å². The average molecular weight is 287 g/mol. The summed E-state index contributed by atoms with van der Waals surface area (Å²) in [4.78, 5) is 17.3. The highest BCUT2D eigenvalue weighted by atomic mass is 32.1. The lowest BCUT2D eigenvalue weighted by molar-refractivity contribution is 0.0951. The molecule has 2 N–H and O–H groups in total. The molecule has 1 saturated carbocycles. The molecule has 0 radical (unpaired) electrons. The average Bonchev–Trinajstić information content (AvgIpc) is 3.18. The fourth-order valence-electron chi connectivity index (χ4n) is 1.91. The Morgan fingerprint density at radius 2 is 2.10 bits per heavy atom. The first-order chi connectivity index (χ1) is 9.72. The van der Waals surface area contributed by atoms with E-state index in [-0.39, 0.29) is 5.91 Å². The van der Waals surface area contributed by atoms with E-state index in [1.54, 1.807) is 11.3 Å². The number of carbonyl (C=O) groups is 1. The molecule has 20 heavy (non-hydrogen) atoms. The van der Waals surface area contributed by atoms with Gasteiger partial charge in [0.15, 0.2) is 0 Å². The largest absolute Gasteiger partial charge is 0.380 e. The van der Waals surface area contributed by atoms with Crippen molar-refractivity contribution in [2.45, 2.75) is 32.4 Å². The quantitative estimate of drug-likeness (QED) is 0.889. The van der Waals surface area contributed by atoms with Crippen molar-refractivity contribution in [2.24, 2.45) is 0 Å². The Labute approximate surface area is 122 Å². The van der Waals surface area contributed by atoms with Crippen molar-refractivity contribution < 1.29 is 4.79 Å². The molecule has 3 rings (SSSR count). The molecular formula is C15H17N3OS. The lowest BCUT2D eigenvalue weighted by Gasteiger charge is -2.07. The van der Waals surface area contributed by atoms with Gasteiger partial charge in [-0.25, -0.2) is 4.98 Å². The Morgan fingerprint density at radius 1 is 1.35 bits per heavy atom. The van der Waals surface area contributed by atoms with E-state index < -0.39 is 0 Å². The maximum Gasteiger partial charge on any atom is 0.251 e. The lowest BCUT2D eigenvalue weighted by Crippen LogP contribution is -2.25. The first-order valence-electron chi connectivity index (χ1n) is 6.76. The molecule has 104 valence electrons. The maximum absolute atomic E-state index is 11.9. The zero-order chi connectivity index (χ0) is 13.9. The summed E-state index contributed by atoms with van der Waals surface area (Å²) < 4.78 is 0. The van der Waals surface area contributed by atoms with Crippen LogP contribution < -0.4 is 10.6 Å². The van der Waals surface area contributed by atoms with Crippen LogP contribution in [0.4, 0.5) is 5.69 Å². The van der Waals surface area contributed by atoms with Crippen LogP contribution in [0.15, 0.2) is 29.8 Å². The summed E-state index contributed by atoms with van der Waals surface area (Å²) in [7, 11) is 0. The Bertz CT molecular complexity index is 602. The number of aromatic nitrogens is 1. The zero-order valence-corrected chi connectivity index (χ0v) is 12.2. The third-order valence-electron chi connectivity index (χ3n) is 3.36. The number of carbonyl (C=O) groups excluding carboxylic acids is 1. The van der Waals surface area contributed by atoms with Gasteiger partial charge in [0, 0.05) is 22.2 Å². The number of hydrogen-bond acceptors (Lipinski definition) is 4. The molecule has 1 aliphatic carbocycles.